The number of pyridine rings is 1. The van der Waals surface area contributed by atoms with Crippen molar-refractivity contribution >= 4 is 38.7 Å². The number of anilines is 2. The normalized spacial score (nSPS) is 17.5. The van der Waals surface area contributed by atoms with Gasteiger partial charge in [-0.1, -0.05) is 6.07 Å². The lowest BCUT2D eigenvalue weighted by Crippen LogP contribution is -2.29. The molecule has 4 aromatic rings. The Morgan fingerprint density at radius 3 is 2.63 bits per heavy atom. The number of hydrogen-bond donors (Lipinski definition) is 2. The van der Waals surface area contributed by atoms with Crippen LogP contribution in [-0.2, 0) is 16.6 Å². The Morgan fingerprint density at radius 1 is 1.16 bits per heavy atom. The van der Waals surface area contributed by atoms with E-state index in [2.05, 4.69) is 39.5 Å². The number of ether oxygens (including phenoxy) is 1. The number of furan rings is 1. The number of thiocarbonyl (C=S) groups is 1. The first kappa shape index (κ1) is 25.8. The Bertz CT molecular complexity index is 1570. The van der Waals surface area contributed by atoms with E-state index in [4.69, 9.17) is 21.4 Å². The van der Waals surface area contributed by atoms with Crippen molar-refractivity contribution in [2.75, 3.05) is 23.0 Å². The summed E-state index contributed by atoms with van der Waals surface area (Å²) < 4.78 is 39.9. The van der Waals surface area contributed by atoms with Crippen molar-refractivity contribution in [3.8, 4) is 5.75 Å². The minimum Gasteiger partial charge on any atom is -0.495 e. The Labute approximate surface area is 227 Å². The van der Waals surface area contributed by atoms with Crippen molar-refractivity contribution in [3.63, 3.8) is 0 Å². The first-order chi connectivity index (χ1) is 18.2. The molecule has 3 aromatic heterocycles. The fourth-order valence-corrected chi connectivity index (χ4v) is 5.91. The van der Waals surface area contributed by atoms with E-state index in [9.17, 15) is 8.42 Å². The lowest BCUT2D eigenvalue weighted by molar-refractivity contribution is 0.417. The van der Waals surface area contributed by atoms with Crippen LogP contribution in [0.3, 0.4) is 0 Å². The number of rotatable bonds is 8. The Hall–Kier alpha value is -3.83. The molecule has 11 heteroatoms. The van der Waals surface area contributed by atoms with E-state index >= 15 is 0 Å². The summed E-state index contributed by atoms with van der Waals surface area (Å²) in [5.74, 6) is 1.27. The molecule has 1 saturated heterocycles. The van der Waals surface area contributed by atoms with Gasteiger partial charge in [-0.15, -0.1) is 0 Å². The zero-order valence-electron chi connectivity index (χ0n) is 21.5. The monoisotopic (exact) mass is 551 g/mol. The topological polar surface area (TPSA) is 102 Å². The van der Waals surface area contributed by atoms with Crippen LogP contribution >= 0.6 is 12.2 Å². The molecule has 2 atom stereocenters. The van der Waals surface area contributed by atoms with Crippen LogP contribution in [0.25, 0.3) is 0 Å². The Kier molecular flexibility index (Phi) is 6.89. The summed E-state index contributed by atoms with van der Waals surface area (Å²) in [6.07, 6.45) is 4.55. The number of hydrogen-bond acceptors (Lipinski definition) is 6. The minimum absolute atomic E-state index is 0.241. The zero-order chi connectivity index (χ0) is 27.0. The van der Waals surface area contributed by atoms with Crippen molar-refractivity contribution in [2.45, 2.75) is 32.5 Å². The summed E-state index contributed by atoms with van der Waals surface area (Å²) in [6.45, 7) is 4.77. The van der Waals surface area contributed by atoms with Gasteiger partial charge in [-0.05, 0) is 80.2 Å². The fourth-order valence-electron chi connectivity index (χ4n) is 5.00. The summed E-state index contributed by atoms with van der Waals surface area (Å²) in [7, 11) is -2.04. The molecule has 0 bridgehead atoms. The predicted octanol–water partition coefficient (Wildman–Crippen LogP) is 4.70. The summed E-state index contributed by atoms with van der Waals surface area (Å²) >= 11 is 5.86. The van der Waals surface area contributed by atoms with E-state index in [0.717, 1.165) is 34.7 Å². The van der Waals surface area contributed by atoms with Crippen LogP contribution in [0.15, 0.2) is 71.5 Å². The summed E-state index contributed by atoms with van der Waals surface area (Å²) in [5.41, 5.74) is 5.13. The highest BCUT2D eigenvalue weighted by atomic mass is 32.2. The molecule has 9 nitrogen and oxygen atoms in total. The van der Waals surface area contributed by atoms with Crippen LogP contribution in [-0.4, -0.2) is 36.4 Å². The average Bonchev–Trinajstić information content (AvgIpc) is 3.58. The molecule has 0 aliphatic carbocycles. The maximum atomic E-state index is 12.1. The molecule has 5 rings (SSSR count). The number of nitrogens with one attached hydrogen (secondary N) is 2. The molecule has 0 amide bonds. The molecular formula is C27H29N5O4S2. The lowest BCUT2D eigenvalue weighted by atomic mass is 9.96. The third-order valence-corrected chi connectivity index (χ3v) is 7.59. The SMILES string of the molecule is COc1ccc(N2C(=S)N[C@@H](c3ccccn3)[C@@H]2c2cc(C)n(Cc3ccco3)c2C)cc1NS(C)(=O)=O. The van der Waals surface area contributed by atoms with Gasteiger partial charge < -0.3 is 23.9 Å². The molecule has 38 heavy (non-hydrogen) atoms. The number of methoxy groups -OCH3 is 1. The van der Waals surface area contributed by atoms with Gasteiger partial charge in [0.2, 0.25) is 10.0 Å². The maximum absolute atomic E-state index is 12.1. The van der Waals surface area contributed by atoms with Gasteiger partial charge in [0.05, 0.1) is 49.6 Å². The van der Waals surface area contributed by atoms with E-state index < -0.39 is 10.0 Å². The summed E-state index contributed by atoms with van der Waals surface area (Å²) in [4.78, 5) is 6.64. The minimum atomic E-state index is -3.54. The smallest absolute Gasteiger partial charge is 0.229 e. The van der Waals surface area contributed by atoms with Gasteiger partial charge >= 0.3 is 0 Å². The number of aromatic nitrogens is 2. The van der Waals surface area contributed by atoms with Gasteiger partial charge in [-0.25, -0.2) is 8.42 Å². The second-order valence-corrected chi connectivity index (χ2v) is 11.4. The van der Waals surface area contributed by atoms with Crippen LogP contribution in [0.2, 0.25) is 0 Å². The Balaban J connectivity index is 1.64. The second kappa shape index (κ2) is 10.1. The molecule has 1 aromatic carbocycles. The van der Waals surface area contributed by atoms with E-state index in [1.807, 2.05) is 41.3 Å². The van der Waals surface area contributed by atoms with Gasteiger partial charge in [0.1, 0.15) is 11.5 Å². The van der Waals surface area contributed by atoms with Gasteiger partial charge in [0.25, 0.3) is 0 Å². The van der Waals surface area contributed by atoms with E-state index in [1.165, 1.54) is 7.11 Å². The van der Waals surface area contributed by atoms with E-state index in [0.29, 0.717) is 28.8 Å². The third kappa shape index (κ3) is 4.99. The quantitative estimate of drug-likeness (QED) is 0.304. The van der Waals surface area contributed by atoms with Crippen LogP contribution < -0.4 is 19.7 Å². The molecule has 0 unspecified atom stereocenters. The molecule has 4 heterocycles. The average molecular weight is 552 g/mol. The summed E-state index contributed by atoms with van der Waals surface area (Å²) in [6, 6.07) is 16.7. The highest BCUT2D eigenvalue weighted by Crippen LogP contribution is 2.44. The van der Waals surface area contributed by atoms with E-state index in [1.54, 1.807) is 24.6 Å². The van der Waals surface area contributed by atoms with Gasteiger partial charge in [0, 0.05) is 23.3 Å². The predicted molar refractivity (Wildman–Crippen MR) is 151 cm³/mol. The first-order valence-electron chi connectivity index (χ1n) is 12.0. The molecule has 198 valence electrons. The maximum Gasteiger partial charge on any atom is 0.229 e. The molecule has 2 N–H and O–H groups in total. The van der Waals surface area contributed by atoms with Crippen LogP contribution in [0.1, 0.15) is 40.5 Å². The van der Waals surface area contributed by atoms with Crippen molar-refractivity contribution < 1.29 is 17.6 Å². The van der Waals surface area contributed by atoms with E-state index in [-0.39, 0.29) is 12.1 Å². The van der Waals surface area contributed by atoms with Crippen molar-refractivity contribution in [1.82, 2.24) is 14.9 Å². The van der Waals surface area contributed by atoms with Gasteiger partial charge in [0.15, 0.2) is 5.11 Å². The van der Waals surface area contributed by atoms with Crippen molar-refractivity contribution in [2.24, 2.45) is 0 Å². The second-order valence-electron chi connectivity index (χ2n) is 9.25. The first-order valence-corrected chi connectivity index (χ1v) is 14.3. The molecule has 1 aliphatic rings. The molecule has 0 radical (unpaired) electrons. The standard InChI is InChI=1S/C27H29N5O4S2/c1-17-14-21(18(2)31(17)16-20-8-7-13-36-20)26-25(22-9-5-6-12-28-22)29-27(37)32(26)19-10-11-24(35-3)23(15-19)30-38(4,33)34/h5-15,25-26,30H,16H2,1-4H3,(H,29,37)/t25-,26-/m0/s1. The fraction of sp³-hybridized carbons (Fsp3) is 0.259. The largest absolute Gasteiger partial charge is 0.495 e. The third-order valence-electron chi connectivity index (χ3n) is 6.68. The number of aryl methyl sites for hydroxylation is 1. The van der Waals surface area contributed by atoms with Gasteiger partial charge in [-0.3, -0.25) is 9.71 Å². The highest BCUT2D eigenvalue weighted by molar-refractivity contribution is 7.92. The molecule has 1 aliphatic heterocycles. The molecule has 0 spiro atoms. The molecular weight excluding hydrogens is 522 g/mol. The number of benzene rings is 1. The molecule has 1 fully saturated rings. The lowest BCUT2D eigenvalue weighted by Gasteiger charge is -2.29. The summed E-state index contributed by atoms with van der Waals surface area (Å²) in [5, 5.41) is 3.97. The van der Waals surface area contributed by atoms with Crippen LogP contribution in [0.5, 0.6) is 5.75 Å². The van der Waals surface area contributed by atoms with Crippen molar-refractivity contribution in [1.29, 1.82) is 0 Å². The number of sulfonamides is 1. The van der Waals surface area contributed by atoms with Crippen LogP contribution in [0, 0.1) is 13.8 Å². The van der Waals surface area contributed by atoms with Crippen LogP contribution in [0.4, 0.5) is 11.4 Å². The number of nitrogens with zero attached hydrogens (tertiary/aromatic N) is 3. The molecule has 0 saturated carbocycles. The Morgan fingerprint density at radius 2 is 1.97 bits per heavy atom. The highest BCUT2D eigenvalue weighted by Gasteiger charge is 2.42. The zero-order valence-corrected chi connectivity index (χ0v) is 23.1. The van der Waals surface area contributed by atoms with Gasteiger partial charge in [-0.2, -0.15) is 0 Å². The van der Waals surface area contributed by atoms with Crippen molar-refractivity contribution in [3.05, 3.63) is 95.5 Å².